The Bertz CT molecular complexity index is 531. The molecule has 0 fully saturated rings. The molecule has 0 saturated heterocycles. The maximum Gasteiger partial charge on any atom is 0.176 e. The van der Waals surface area contributed by atoms with Crippen LogP contribution < -0.4 is 10.1 Å². The first kappa shape index (κ1) is 13.9. The van der Waals surface area contributed by atoms with Crippen LogP contribution in [0.4, 0.5) is 0 Å². The van der Waals surface area contributed by atoms with Crippen LogP contribution in [0.15, 0.2) is 28.7 Å². The zero-order valence-electron chi connectivity index (χ0n) is 12.2. The minimum Gasteiger partial charge on any atom is -0.490 e. The minimum atomic E-state index is 0.242. The lowest BCUT2D eigenvalue weighted by molar-refractivity contribution is 0.328. The molecule has 1 aromatic heterocycles. The smallest absolute Gasteiger partial charge is 0.176 e. The lowest BCUT2D eigenvalue weighted by Gasteiger charge is -2.19. The van der Waals surface area contributed by atoms with Crippen molar-refractivity contribution in [3.05, 3.63) is 30.0 Å². The molecule has 104 valence electrons. The predicted molar refractivity (Wildman–Crippen MR) is 78.6 cm³/mol. The van der Waals surface area contributed by atoms with Gasteiger partial charge in [0.05, 0.1) is 12.6 Å². The zero-order valence-corrected chi connectivity index (χ0v) is 12.2. The number of rotatable bonds is 6. The molecule has 0 spiro atoms. The van der Waals surface area contributed by atoms with Gasteiger partial charge in [-0.15, -0.1) is 0 Å². The van der Waals surface area contributed by atoms with Crippen LogP contribution in [0.25, 0.3) is 11.0 Å². The summed E-state index contributed by atoms with van der Waals surface area (Å²) in [4.78, 5) is 0. The fourth-order valence-electron chi connectivity index (χ4n) is 2.36. The van der Waals surface area contributed by atoms with E-state index in [1.165, 1.54) is 0 Å². The molecule has 2 rings (SSSR count). The molecule has 0 amide bonds. The van der Waals surface area contributed by atoms with Crippen molar-refractivity contribution in [2.24, 2.45) is 5.92 Å². The highest BCUT2D eigenvalue weighted by Gasteiger charge is 2.20. The summed E-state index contributed by atoms with van der Waals surface area (Å²) in [5.74, 6) is 2.29. The molecule has 1 atom stereocenters. The predicted octanol–water partition coefficient (Wildman–Crippen LogP) is 4.14. The van der Waals surface area contributed by atoms with Gasteiger partial charge in [-0.2, -0.15) is 0 Å². The van der Waals surface area contributed by atoms with E-state index in [0.29, 0.717) is 12.5 Å². The van der Waals surface area contributed by atoms with E-state index in [-0.39, 0.29) is 6.04 Å². The third-order valence-corrected chi connectivity index (χ3v) is 3.22. The number of hydrogen-bond acceptors (Lipinski definition) is 3. The second-order valence-electron chi connectivity index (χ2n) is 5.04. The topological polar surface area (TPSA) is 34.4 Å². The van der Waals surface area contributed by atoms with E-state index in [2.05, 4.69) is 38.2 Å². The number of benzene rings is 1. The van der Waals surface area contributed by atoms with Crippen molar-refractivity contribution in [3.8, 4) is 5.75 Å². The van der Waals surface area contributed by atoms with Crippen LogP contribution in [0.1, 0.15) is 39.5 Å². The molecule has 1 heterocycles. The maximum absolute atomic E-state index is 6.04. The van der Waals surface area contributed by atoms with Gasteiger partial charge in [0.15, 0.2) is 11.3 Å². The van der Waals surface area contributed by atoms with E-state index < -0.39 is 0 Å². The van der Waals surface area contributed by atoms with Crippen LogP contribution in [-0.4, -0.2) is 13.2 Å². The standard InChI is InChI=1S/C16H23NO2/c1-5-17-15(11(3)4)14-10-12-8-7-9-13(18-6-2)16(12)19-14/h7-11,15,17H,5-6H2,1-4H3. The Balaban J connectivity index is 2.42. The Hall–Kier alpha value is -1.48. The van der Waals surface area contributed by atoms with Gasteiger partial charge in [-0.3, -0.25) is 0 Å². The Kier molecular flexibility index (Phi) is 4.48. The molecule has 0 saturated carbocycles. The summed E-state index contributed by atoms with van der Waals surface area (Å²) in [7, 11) is 0. The van der Waals surface area contributed by atoms with E-state index in [0.717, 1.165) is 29.0 Å². The lowest BCUT2D eigenvalue weighted by atomic mass is 10.0. The highest BCUT2D eigenvalue weighted by Crippen LogP contribution is 2.33. The van der Waals surface area contributed by atoms with Crippen LogP contribution in [0.5, 0.6) is 5.75 Å². The van der Waals surface area contributed by atoms with Gasteiger partial charge in [0, 0.05) is 5.39 Å². The normalized spacial score (nSPS) is 13.1. The van der Waals surface area contributed by atoms with Gasteiger partial charge in [0.1, 0.15) is 5.76 Å². The molecule has 3 nitrogen and oxygen atoms in total. The molecule has 0 radical (unpaired) electrons. The first-order valence-corrected chi connectivity index (χ1v) is 7.06. The molecule has 0 aliphatic carbocycles. The molecule has 1 unspecified atom stereocenters. The highest BCUT2D eigenvalue weighted by atomic mass is 16.5. The fraction of sp³-hybridized carbons (Fsp3) is 0.500. The number of fused-ring (bicyclic) bond motifs is 1. The molecule has 2 aromatic rings. The molecule has 3 heteroatoms. The second kappa shape index (κ2) is 6.11. The number of hydrogen-bond donors (Lipinski definition) is 1. The van der Waals surface area contributed by atoms with Crippen LogP contribution in [0, 0.1) is 5.92 Å². The summed E-state index contributed by atoms with van der Waals surface area (Å²) in [5, 5.41) is 4.58. The molecule has 19 heavy (non-hydrogen) atoms. The quantitative estimate of drug-likeness (QED) is 0.848. The van der Waals surface area contributed by atoms with Gasteiger partial charge < -0.3 is 14.5 Å². The Morgan fingerprint density at radius 1 is 1.26 bits per heavy atom. The van der Waals surface area contributed by atoms with Gasteiger partial charge >= 0.3 is 0 Å². The van der Waals surface area contributed by atoms with E-state index in [9.17, 15) is 0 Å². The van der Waals surface area contributed by atoms with E-state index >= 15 is 0 Å². The van der Waals surface area contributed by atoms with Crippen molar-refractivity contribution in [2.45, 2.75) is 33.7 Å². The van der Waals surface area contributed by atoms with Crippen molar-refractivity contribution >= 4 is 11.0 Å². The number of para-hydroxylation sites is 1. The molecule has 1 aromatic carbocycles. The van der Waals surface area contributed by atoms with Crippen molar-refractivity contribution in [1.29, 1.82) is 0 Å². The largest absolute Gasteiger partial charge is 0.490 e. The lowest BCUT2D eigenvalue weighted by Crippen LogP contribution is -2.24. The molecule has 0 aliphatic rings. The Morgan fingerprint density at radius 3 is 2.68 bits per heavy atom. The third kappa shape index (κ3) is 2.92. The number of nitrogens with one attached hydrogen (secondary N) is 1. The Morgan fingerprint density at radius 2 is 2.05 bits per heavy atom. The SMILES string of the molecule is CCNC(c1cc2cccc(OCC)c2o1)C(C)C. The first-order chi connectivity index (χ1) is 9.17. The van der Waals surface area contributed by atoms with Crippen molar-refractivity contribution in [1.82, 2.24) is 5.32 Å². The summed E-state index contributed by atoms with van der Waals surface area (Å²) in [5.41, 5.74) is 0.850. The van der Waals surface area contributed by atoms with E-state index in [1.54, 1.807) is 0 Å². The summed E-state index contributed by atoms with van der Waals surface area (Å²) < 4.78 is 11.7. The molecule has 0 aliphatic heterocycles. The van der Waals surface area contributed by atoms with Crippen LogP contribution in [0.2, 0.25) is 0 Å². The van der Waals surface area contributed by atoms with Crippen molar-refractivity contribution < 1.29 is 9.15 Å². The van der Waals surface area contributed by atoms with Gasteiger partial charge in [0.2, 0.25) is 0 Å². The van der Waals surface area contributed by atoms with Gasteiger partial charge in [0.25, 0.3) is 0 Å². The maximum atomic E-state index is 6.04. The fourth-order valence-corrected chi connectivity index (χ4v) is 2.36. The first-order valence-electron chi connectivity index (χ1n) is 7.06. The summed E-state index contributed by atoms with van der Waals surface area (Å²) in [6, 6.07) is 8.38. The molecule has 0 bridgehead atoms. The van der Waals surface area contributed by atoms with Crippen molar-refractivity contribution in [3.63, 3.8) is 0 Å². The van der Waals surface area contributed by atoms with Crippen LogP contribution >= 0.6 is 0 Å². The number of furan rings is 1. The minimum absolute atomic E-state index is 0.242. The summed E-state index contributed by atoms with van der Waals surface area (Å²) in [6.07, 6.45) is 0. The molecular formula is C16H23NO2. The van der Waals surface area contributed by atoms with E-state index in [4.69, 9.17) is 9.15 Å². The average Bonchev–Trinajstić information content (AvgIpc) is 2.80. The van der Waals surface area contributed by atoms with Crippen LogP contribution in [0.3, 0.4) is 0 Å². The highest BCUT2D eigenvalue weighted by molar-refractivity contribution is 5.83. The zero-order chi connectivity index (χ0) is 13.8. The monoisotopic (exact) mass is 261 g/mol. The third-order valence-electron chi connectivity index (χ3n) is 3.22. The second-order valence-corrected chi connectivity index (χ2v) is 5.04. The van der Waals surface area contributed by atoms with Gasteiger partial charge in [-0.25, -0.2) is 0 Å². The van der Waals surface area contributed by atoms with E-state index in [1.807, 2.05) is 19.1 Å². The average molecular weight is 261 g/mol. The summed E-state index contributed by atoms with van der Waals surface area (Å²) in [6.45, 7) is 10.1. The molecule has 1 N–H and O–H groups in total. The van der Waals surface area contributed by atoms with Crippen molar-refractivity contribution in [2.75, 3.05) is 13.2 Å². The Labute approximate surface area is 114 Å². The molecular weight excluding hydrogens is 238 g/mol. The van der Waals surface area contributed by atoms with Crippen LogP contribution in [-0.2, 0) is 0 Å². The van der Waals surface area contributed by atoms with Gasteiger partial charge in [-0.1, -0.05) is 32.9 Å². The summed E-state index contributed by atoms with van der Waals surface area (Å²) >= 11 is 0. The van der Waals surface area contributed by atoms with Gasteiger partial charge in [-0.05, 0) is 31.5 Å². The number of ether oxygens (including phenoxy) is 1.